The molecule has 0 aliphatic rings. The van der Waals surface area contributed by atoms with Crippen LogP contribution in [0.2, 0.25) is 10.0 Å². The Morgan fingerprint density at radius 3 is 2.45 bits per heavy atom. The molecule has 0 saturated carbocycles. The summed E-state index contributed by atoms with van der Waals surface area (Å²) < 4.78 is 27.0. The largest absolute Gasteiger partial charge is 0.398 e. The summed E-state index contributed by atoms with van der Waals surface area (Å²) in [6.45, 7) is 1.86. The summed E-state index contributed by atoms with van der Waals surface area (Å²) >= 11 is 11.8. The number of sulfonamides is 1. The predicted molar refractivity (Wildman–Crippen MR) is 82.9 cm³/mol. The van der Waals surface area contributed by atoms with Crippen LogP contribution in [-0.2, 0) is 10.0 Å². The predicted octanol–water partition coefficient (Wildman–Crippen LogP) is 3.68. The van der Waals surface area contributed by atoms with Crippen molar-refractivity contribution >= 4 is 44.6 Å². The molecule has 0 radical (unpaired) electrons. The Morgan fingerprint density at radius 1 is 1.10 bits per heavy atom. The molecule has 0 fully saturated rings. The van der Waals surface area contributed by atoms with E-state index in [0.717, 1.165) is 5.56 Å². The molecule has 2 aromatic carbocycles. The molecule has 0 heterocycles. The summed E-state index contributed by atoms with van der Waals surface area (Å²) in [4.78, 5) is -0.0818. The first-order chi connectivity index (χ1) is 9.29. The van der Waals surface area contributed by atoms with Gasteiger partial charge in [0.05, 0.1) is 16.4 Å². The Balaban J connectivity index is 2.43. The normalized spacial score (nSPS) is 11.3. The van der Waals surface area contributed by atoms with Crippen LogP contribution in [0.25, 0.3) is 0 Å². The van der Waals surface area contributed by atoms with Crippen LogP contribution in [0, 0.1) is 6.92 Å². The van der Waals surface area contributed by atoms with Crippen LogP contribution in [0.4, 0.5) is 11.4 Å². The van der Waals surface area contributed by atoms with Gasteiger partial charge in [0.15, 0.2) is 0 Å². The van der Waals surface area contributed by atoms with E-state index in [1.165, 1.54) is 18.2 Å². The fraction of sp³-hybridized carbons (Fsp3) is 0.0769. The van der Waals surface area contributed by atoms with Gasteiger partial charge in [-0.3, -0.25) is 4.72 Å². The number of hydrogen-bond acceptors (Lipinski definition) is 3. The fourth-order valence-corrected chi connectivity index (χ4v) is 3.46. The minimum absolute atomic E-state index is 0.0818. The van der Waals surface area contributed by atoms with Crippen molar-refractivity contribution in [1.29, 1.82) is 0 Å². The average molecular weight is 331 g/mol. The van der Waals surface area contributed by atoms with Crippen LogP contribution >= 0.6 is 23.2 Å². The summed E-state index contributed by atoms with van der Waals surface area (Å²) in [6.07, 6.45) is 0. The maximum Gasteiger partial charge on any atom is 0.264 e. The molecule has 2 aromatic rings. The molecule has 3 N–H and O–H groups in total. The topological polar surface area (TPSA) is 72.2 Å². The highest BCUT2D eigenvalue weighted by Crippen LogP contribution is 2.28. The molecule has 0 spiro atoms. The average Bonchev–Trinajstić information content (AvgIpc) is 2.35. The van der Waals surface area contributed by atoms with E-state index in [1.54, 1.807) is 18.2 Å². The number of halogens is 2. The molecule has 4 nitrogen and oxygen atoms in total. The molecule has 0 bridgehead atoms. The summed E-state index contributed by atoms with van der Waals surface area (Å²) in [7, 11) is -3.85. The van der Waals surface area contributed by atoms with Crippen LogP contribution in [0.5, 0.6) is 0 Å². The smallest absolute Gasteiger partial charge is 0.264 e. The zero-order chi connectivity index (χ0) is 14.9. The monoisotopic (exact) mass is 330 g/mol. The van der Waals surface area contributed by atoms with E-state index in [0.29, 0.717) is 5.02 Å². The second-order valence-electron chi connectivity index (χ2n) is 4.27. The molecule has 106 valence electrons. The van der Waals surface area contributed by atoms with Gasteiger partial charge in [0.1, 0.15) is 4.90 Å². The van der Waals surface area contributed by atoms with E-state index >= 15 is 0 Å². The lowest BCUT2D eigenvalue weighted by Crippen LogP contribution is -2.15. The van der Waals surface area contributed by atoms with Gasteiger partial charge in [0.25, 0.3) is 10.0 Å². The van der Waals surface area contributed by atoms with E-state index in [9.17, 15) is 8.42 Å². The zero-order valence-electron chi connectivity index (χ0n) is 10.5. The molecule has 0 aliphatic heterocycles. The first-order valence-electron chi connectivity index (χ1n) is 5.63. The number of anilines is 2. The van der Waals surface area contributed by atoms with Crippen LogP contribution < -0.4 is 10.5 Å². The second kappa shape index (κ2) is 5.52. The van der Waals surface area contributed by atoms with E-state index in [2.05, 4.69) is 4.72 Å². The first kappa shape index (κ1) is 15.0. The standard InChI is InChI=1S/C13H12Cl2N2O2S/c1-8-2-5-12(10(15)6-8)17-20(18,19)13-7-9(14)3-4-11(13)16/h2-7,17H,16H2,1H3. The van der Waals surface area contributed by atoms with Gasteiger partial charge in [0.2, 0.25) is 0 Å². The summed E-state index contributed by atoms with van der Waals surface area (Å²) in [6, 6.07) is 9.27. The molecule has 0 atom stereocenters. The van der Waals surface area contributed by atoms with E-state index < -0.39 is 10.0 Å². The van der Waals surface area contributed by atoms with Crippen molar-refractivity contribution < 1.29 is 8.42 Å². The van der Waals surface area contributed by atoms with Crippen LogP contribution in [0.3, 0.4) is 0 Å². The van der Waals surface area contributed by atoms with Gasteiger partial charge < -0.3 is 5.73 Å². The van der Waals surface area contributed by atoms with Crippen molar-refractivity contribution in [2.45, 2.75) is 11.8 Å². The van der Waals surface area contributed by atoms with Crippen molar-refractivity contribution in [2.75, 3.05) is 10.5 Å². The quantitative estimate of drug-likeness (QED) is 0.843. The van der Waals surface area contributed by atoms with E-state index in [4.69, 9.17) is 28.9 Å². The summed E-state index contributed by atoms with van der Waals surface area (Å²) in [5.74, 6) is 0. The van der Waals surface area contributed by atoms with Crippen molar-refractivity contribution in [2.24, 2.45) is 0 Å². The minimum Gasteiger partial charge on any atom is -0.398 e. The number of rotatable bonds is 3. The van der Waals surface area contributed by atoms with E-state index in [1.807, 2.05) is 6.92 Å². The maximum atomic E-state index is 12.3. The molecular weight excluding hydrogens is 319 g/mol. The van der Waals surface area contributed by atoms with Gasteiger partial charge >= 0.3 is 0 Å². The minimum atomic E-state index is -3.85. The van der Waals surface area contributed by atoms with Crippen molar-refractivity contribution in [3.05, 3.63) is 52.0 Å². The Labute approximate surface area is 127 Å². The Morgan fingerprint density at radius 2 is 1.80 bits per heavy atom. The highest BCUT2D eigenvalue weighted by molar-refractivity contribution is 7.92. The highest BCUT2D eigenvalue weighted by Gasteiger charge is 2.19. The third-order valence-corrected chi connectivity index (χ3v) is 4.60. The molecule has 0 amide bonds. The van der Waals surface area contributed by atoms with E-state index in [-0.39, 0.29) is 21.3 Å². The Kier molecular flexibility index (Phi) is 4.13. The molecule has 0 aliphatic carbocycles. The molecule has 7 heteroatoms. The Bertz CT molecular complexity index is 761. The lowest BCUT2D eigenvalue weighted by molar-refractivity contribution is 0.601. The summed E-state index contributed by atoms with van der Waals surface area (Å²) in [5, 5.41) is 0.601. The second-order valence-corrected chi connectivity index (χ2v) is 6.77. The number of benzene rings is 2. The Hall–Kier alpha value is -1.43. The van der Waals surface area contributed by atoms with Crippen LogP contribution in [-0.4, -0.2) is 8.42 Å². The highest BCUT2D eigenvalue weighted by atomic mass is 35.5. The molecule has 20 heavy (non-hydrogen) atoms. The molecule has 0 aromatic heterocycles. The van der Waals surface area contributed by atoms with Crippen LogP contribution in [0.15, 0.2) is 41.3 Å². The number of aryl methyl sites for hydroxylation is 1. The van der Waals surface area contributed by atoms with Crippen LogP contribution in [0.1, 0.15) is 5.56 Å². The van der Waals surface area contributed by atoms with Crippen molar-refractivity contribution in [3.8, 4) is 0 Å². The number of nitrogens with two attached hydrogens (primary N) is 1. The molecule has 0 unspecified atom stereocenters. The van der Waals surface area contributed by atoms with Gasteiger partial charge in [-0.25, -0.2) is 8.42 Å². The fourth-order valence-electron chi connectivity index (χ4n) is 1.64. The first-order valence-corrected chi connectivity index (χ1v) is 7.87. The van der Waals surface area contributed by atoms with Gasteiger partial charge in [-0.05, 0) is 42.8 Å². The lowest BCUT2D eigenvalue weighted by Gasteiger charge is -2.12. The van der Waals surface area contributed by atoms with Crippen molar-refractivity contribution in [1.82, 2.24) is 0 Å². The van der Waals surface area contributed by atoms with Gasteiger partial charge in [-0.1, -0.05) is 29.3 Å². The number of nitrogen functional groups attached to an aromatic ring is 1. The molecule has 2 rings (SSSR count). The maximum absolute atomic E-state index is 12.3. The number of nitrogens with one attached hydrogen (secondary N) is 1. The third-order valence-electron chi connectivity index (χ3n) is 2.63. The third kappa shape index (κ3) is 3.17. The van der Waals surface area contributed by atoms with Crippen molar-refractivity contribution in [3.63, 3.8) is 0 Å². The van der Waals surface area contributed by atoms with Gasteiger partial charge in [-0.15, -0.1) is 0 Å². The number of hydrogen-bond donors (Lipinski definition) is 2. The molecule has 0 saturated heterocycles. The summed E-state index contributed by atoms with van der Waals surface area (Å²) in [5.41, 5.74) is 7.02. The lowest BCUT2D eigenvalue weighted by atomic mass is 10.2. The van der Waals surface area contributed by atoms with Gasteiger partial charge in [-0.2, -0.15) is 0 Å². The van der Waals surface area contributed by atoms with Gasteiger partial charge in [0, 0.05) is 5.02 Å². The zero-order valence-corrected chi connectivity index (χ0v) is 12.9. The molecular formula is C13H12Cl2N2O2S. The SMILES string of the molecule is Cc1ccc(NS(=O)(=O)c2cc(Cl)ccc2N)c(Cl)c1.